The van der Waals surface area contributed by atoms with E-state index in [1.165, 1.54) is 23.3 Å². The van der Waals surface area contributed by atoms with Crippen molar-refractivity contribution in [2.24, 2.45) is 0 Å². The molecule has 2 aliphatic rings. The summed E-state index contributed by atoms with van der Waals surface area (Å²) in [5.74, 6) is -1.27. The van der Waals surface area contributed by atoms with Crippen molar-refractivity contribution >= 4 is 23.9 Å². The van der Waals surface area contributed by atoms with E-state index in [2.05, 4.69) is 15.3 Å². The van der Waals surface area contributed by atoms with Gasteiger partial charge in [-0.3, -0.25) is 9.59 Å². The standard InChI is InChI=1S/C33H37N5O9/c1-2-44-33(43)47-38-18-16-37(17-19-38)32(42)29(22-12-14-24(15-13-22)45-21-28(39)40)36-31(41)26-20-27(46-25-10-6-7-11-25)35-30(34-26)23-8-4-3-5-9-23/h3-5,8-9,12-15,20,25,29H,2,6-7,10-11,16-19,21H2,1H3,(H,36,41)(H,39,40)/t29-/m0/s1. The Morgan fingerprint density at radius 3 is 2.32 bits per heavy atom. The van der Waals surface area contributed by atoms with Crippen LogP contribution in [0.1, 0.15) is 54.7 Å². The summed E-state index contributed by atoms with van der Waals surface area (Å²) in [5, 5.41) is 13.2. The molecule has 0 bridgehead atoms. The summed E-state index contributed by atoms with van der Waals surface area (Å²) in [6, 6.07) is 15.8. The van der Waals surface area contributed by atoms with Gasteiger partial charge in [-0.25, -0.2) is 14.6 Å². The highest BCUT2D eigenvalue weighted by atomic mass is 16.8. The molecule has 1 aliphatic carbocycles. The fourth-order valence-corrected chi connectivity index (χ4v) is 5.32. The first-order valence-corrected chi connectivity index (χ1v) is 15.5. The minimum absolute atomic E-state index is 0.00732. The number of nitrogens with one attached hydrogen (secondary N) is 1. The number of aromatic nitrogens is 2. The van der Waals surface area contributed by atoms with Crippen LogP contribution in [0, 0.1) is 0 Å². The third-order valence-corrected chi connectivity index (χ3v) is 7.67. The largest absolute Gasteiger partial charge is 0.527 e. The molecular weight excluding hydrogens is 610 g/mol. The Kier molecular flexibility index (Phi) is 11.2. The summed E-state index contributed by atoms with van der Waals surface area (Å²) >= 11 is 0. The molecule has 0 spiro atoms. The third kappa shape index (κ3) is 9.16. The highest BCUT2D eigenvalue weighted by molar-refractivity contribution is 5.97. The lowest BCUT2D eigenvalue weighted by Crippen LogP contribution is -2.52. The van der Waals surface area contributed by atoms with Gasteiger partial charge in [0, 0.05) is 24.7 Å². The lowest BCUT2D eigenvalue weighted by atomic mass is 10.0. The van der Waals surface area contributed by atoms with Crippen LogP contribution >= 0.6 is 0 Å². The number of rotatable bonds is 12. The van der Waals surface area contributed by atoms with Crippen molar-refractivity contribution in [3.05, 3.63) is 71.9 Å². The molecule has 1 saturated carbocycles. The number of hydrogen-bond acceptors (Lipinski definition) is 11. The molecule has 2 aromatic carbocycles. The summed E-state index contributed by atoms with van der Waals surface area (Å²) in [4.78, 5) is 66.4. The second-order valence-electron chi connectivity index (χ2n) is 11.0. The van der Waals surface area contributed by atoms with Gasteiger partial charge in [-0.1, -0.05) is 42.5 Å². The molecule has 1 saturated heterocycles. The summed E-state index contributed by atoms with van der Waals surface area (Å²) < 4.78 is 16.2. The van der Waals surface area contributed by atoms with Crippen molar-refractivity contribution in [2.45, 2.75) is 44.8 Å². The number of hydrogen-bond donors (Lipinski definition) is 2. The van der Waals surface area contributed by atoms with Gasteiger partial charge in [0.05, 0.1) is 19.7 Å². The Morgan fingerprint density at radius 2 is 1.66 bits per heavy atom. The van der Waals surface area contributed by atoms with Crippen LogP contribution in [-0.2, 0) is 19.2 Å². The number of ether oxygens (including phenoxy) is 3. The zero-order valence-corrected chi connectivity index (χ0v) is 26.0. The van der Waals surface area contributed by atoms with Gasteiger partial charge in [0.25, 0.3) is 5.91 Å². The summed E-state index contributed by atoms with van der Waals surface area (Å²) in [6.45, 7) is 2.23. The maximum atomic E-state index is 14.0. The number of nitrogens with zero attached hydrogens (tertiary/aromatic N) is 4. The number of piperazine rings is 1. The third-order valence-electron chi connectivity index (χ3n) is 7.67. The maximum absolute atomic E-state index is 14.0. The van der Waals surface area contributed by atoms with E-state index in [1.54, 1.807) is 24.0 Å². The van der Waals surface area contributed by atoms with Crippen LogP contribution in [0.15, 0.2) is 60.7 Å². The Hall–Kier alpha value is -5.24. The number of carbonyl (C=O) groups excluding carboxylic acids is 3. The van der Waals surface area contributed by atoms with E-state index in [0.717, 1.165) is 25.7 Å². The molecular formula is C33H37N5O9. The molecule has 14 heteroatoms. The molecule has 14 nitrogen and oxygen atoms in total. The zero-order valence-electron chi connectivity index (χ0n) is 26.0. The average Bonchev–Trinajstić information content (AvgIpc) is 3.60. The molecule has 2 N–H and O–H groups in total. The number of carbonyl (C=O) groups is 4. The fourth-order valence-electron chi connectivity index (χ4n) is 5.32. The van der Waals surface area contributed by atoms with Gasteiger partial charge in [0.1, 0.15) is 23.6 Å². The molecule has 47 heavy (non-hydrogen) atoms. The van der Waals surface area contributed by atoms with Crippen LogP contribution in [0.2, 0.25) is 0 Å². The van der Waals surface area contributed by atoms with E-state index >= 15 is 0 Å². The Balaban J connectivity index is 1.39. The lowest BCUT2D eigenvalue weighted by Gasteiger charge is -2.35. The first kappa shape index (κ1) is 33.1. The van der Waals surface area contributed by atoms with Crippen LogP contribution in [0.5, 0.6) is 11.6 Å². The monoisotopic (exact) mass is 647 g/mol. The second-order valence-corrected chi connectivity index (χ2v) is 11.0. The smallest absolute Gasteiger partial charge is 0.482 e. The molecule has 1 atom stereocenters. The number of benzene rings is 2. The van der Waals surface area contributed by atoms with Crippen LogP contribution in [0.25, 0.3) is 11.4 Å². The summed E-state index contributed by atoms with van der Waals surface area (Å²) in [6.07, 6.45) is 3.08. The van der Waals surface area contributed by atoms with Crippen molar-refractivity contribution in [2.75, 3.05) is 39.4 Å². The molecule has 248 valence electrons. The van der Waals surface area contributed by atoms with Crippen molar-refractivity contribution in [3.8, 4) is 23.0 Å². The van der Waals surface area contributed by atoms with Crippen molar-refractivity contribution in [1.82, 2.24) is 25.2 Å². The van der Waals surface area contributed by atoms with Gasteiger partial charge in [-0.15, -0.1) is 5.06 Å². The predicted octanol–water partition coefficient (Wildman–Crippen LogP) is 3.63. The van der Waals surface area contributed by atoms with Gasteiger partial charge in [-0.05, 0) is 50.3 Å². The van der Waals surface area contributed by atoms with E-state index < -0.39 is 36.6 Å². The highest BCUT2D eigenvalue weighted by Crippen LogP contribution is 2.27. The van der Waals surface area contributed by atoms with Crippen molar-refractivity contribution < 1.29 is 43.3 Å². The van der Waals surface area contributed by atoms with Crippen LogP contribution < -0.4 is 14.8 Å². The lowest BCUT2D eigenvalue weighted by molar-refractivity contribution is -0.157. The van der Waals surface area contributed by atoms with E-state index in [-0.39, 0.29) is 56.2 Å². The topological polar surface area (TPSA) is 170 Å². The number of carboxylic acids is 1. The zero-order chi connectivity index (χ0) is 33.2. The SMILES string of the molecule is CCOC(=O)ON1CCN(C(=O)[C@@H](NC(=O)c2cc(OC3CCCC3)nc(-c3ccccc3)n2)c2ccc(OCC(=O)O)cc2)CC1. The molecule has 1 aromatic heterocycles. The number of carboxylic acid groups (broad SMARTS) is 1. The minimum Gasteiger partial charge on any atom is -0.482 e. The first-order chi connectivity index (χ1) is 22.8. The molecule has 0 unspecified atom stereocenters. The highest BCUT2D eigenvalue weighted by Gasteiger charge is 2.32. The van der Waals surface area contributed by atoms with E-state index in [1.807, 2.05) is 30.3 Å². The summed E-state index contributed by atoms with van der Waals surface area (Å²) in [7, 11) is 0. The first-order valence-electron chi connectivity index (χ1n) is 15.5. The normalized spacial score (nSPS) is 15.8. The van der Waals surface area contributed by atoms with Gasteiger partial charge < -0.3 is 34.4 Å². The Labute approximate surface area is 271 Å². The molecule has 3 aromatic rings. The van der Waals surface area contributed by atoms with Gasteiger partial charge in [0.15, 0.2) is 12.4 Å². The van der Waals surface area contributed by atoms with Crippen LogP contribution in [0.4, 0.5) is 4.79 Å². The van der Waals surface area contributed by atoms with E-state index in [4.69, 9.17) is 24.2 Å². The second kappa shape index (κ2) is 15.9. The van der Waals surface area contributed by atoms with Gasteiger partial charge in [0.2, 0.25) is 11.8 Å². The maximum Gasteiger partial charge on any atom is 0.527 e. The minimum atomic E-state index is -1.14. The number of hydroxylamine groups is 2. The molecule has 2 amide bonds. The van der Waals surface area contributed by atoms with Crippen LogP contribution in [0.3, 0.4) is 0 Å². The Morgan fingerprint density at radius 1 is 0.957 bits per heavy atom. The fraction of sp³-hybridized carbons (Fsp3) is 0.394. The molecule has 1 aliphatic heterocycles. The van der Waals surface area contributed by atoms with Gasteiger partial charge >= 0.3 is 12.1 Å². The summed E-state index contributed by atoms with van der Waals surface area (Å²) in [5.41, 5.74) is 1.17. The van der Waals surface area contributed by atoms with Crippen molar-refractivity contribution in [1.29, 1.82) is 0 Å². The molecule has 5 rings (SSSR count). The average molecular weight is 648 g/mol. The quantitative estimate of drug-likeness (QED) is 0.274. The number of aliphatic carboxylic acids is 1. The van der Waals surface area contributed by atoms with E-state index in [0.29, 0.717) is 17.0 Å². The Bertz CT molecular complexity index is 1540. The predicted molar refractivity (Wildman–Crippen MR) is 166 cm³/mol. The molecule has 0 radical (unpaired) electrons. The van der Waals surface area contributed by atoms with E-state index in [9.17, 15) is 19.2 Å². The van der Waals surface area contributed by atoms with Gasteiger partial charge in [-0.2, -0.15) is 4.98 Å². The molecule has 2 fully saturated rings. The van der Waals surface area contributed by atoms with Crippen molar-refractivity contribution in [3.63, 3.8) is 0 Å². The van der Waals surface area contributed by atoms with Crippen LogP contribution in [-0.4, -0.2) is 94.5 Å². The molecule has 2 heterocycles. The number of amides is 2.